The van der Waals surface area contributed by atoms with Crippen LogP contribution < -0.4 is 5.32 Å². The molecule has 0 heterocycles. The number of aliphatic hydroxyl groups excluding tert-OH is 1. The first-order valence-corrected chi connectivity index (χ1v) is 4.66. The highest BCUT2D eigenvalue weighted by Crippen LogP contribution is 2.22. The van der Waals surface area contributed by atoms with Crippen LogP contribution in [0.5, 0.6) is 0 Å². The second-order valence-electron chi connectivity index (χ2n) is 3.79. The largest absolute Gasteiger partial charge is 0.394 e. The number of rotatable bonds is 3. The van der Waals surface area contributed by atoms with Gasteiger partial charge < -0.3 is 10.4 Å². The molecule has 0 fully saturated rings. The molecule has 0 radical (unpaired) electrons. The minimum atomic E-state index is -0.564. The van der Waals surface area contributed by atoms with Gasteiger partial charge in [-0.15, -0.1) is 0 Å². The van der Waals surface area contributed by atoms with Crippen LogP contribution in [0.4, 0.5) is 10.1 Å². The molecule has 0 aliphatic heterocycles. The predicted octanol–water partition coefficient (Wildman–Crippen LogP) is 2.66. The monoisotopic (exact) mass is 217 g/mol. The van der Waals surface area contributed by atoms with Gasteiger partial charge in [-0.05, 0) is 32.0 Å². The van der Waals surface area contributed by atoms with E-state index in [-0.39, 0.29) is 12.4 Å². The number of anilines is 1. The molecule has 1 aromatic carbocycles. The molecule has 1 aromatic rings. The highest BCUT2D eigenvalue weighted by atomic mass is 35.5. The molecule has 2 nitrogen and oxygen atoms in total. The summed E-state index contributed by atoms with van der Waals surface area (Å²) < 4.78 is 13.2. The normalized spacial score (nSPS) is 11.5. The molecule has 14 heavy (non-hydrogen) atoms. The molecule has 2 N–H and O–H groups in total. The second-order valence-corrected chi connectivity index (χ2v) is 4.23. The van der Waals surface area contributed by atoms with Gasteiger partial charge in [0.25, 0.3) is 0 Å². The Kier molecular flexibility index (Phi) is 3.34. The van der Waals surface area contributed by atoms with Crippen molar-refractivity contribution in [2.75, 3.05) is 11.9 Å². The first-order valence-electron chi connectivity index (χ1n) is 4.29. The molecule has 1 rings (SSSR count). The standard InChI is InChI=1S/C10H13ClFNO/c1-10(2,6-14)13-9-5-7(11)3-4-8(9)12/h3-5,13-14H,6H2,1-2H3. The van der Waals surface area contributed by atoms with Crippen LogP contribution in [0.15, 0.2) is 18.2 Å². The van der Waals surface area contributed by atoms with Crippen molar-refractivity contribution in [1.82, 2.24) is 0 Å². The van der Waals surface area contributed by atoms with E-state index in [9.17, 15) is 4.39 Å². The topological polar surface area (TPSA) is 32.3 Å². The van der Waals surface area contributed by atoms with E-state index in [1.54, 1.807) is 13.8 Å². The smallest absolute Gasteiger partial charge is 0.146 e. The number of aliphatic hydroxyl groups is 1. The molecule has 0 saturated heterocycles. The van der Waals surface area contributed by atoms with Gasteiger partial charge in [-0.25, -0.2) is 4.39 Å². The van der Waals surface area contributed by atoms with E-state index in [2.05, 4.69) is 5.32 Å². The van der Waals surface area contributed by atoms with Crippen molar-refractivity contribution in [3.05, 3.63) is 29.0 Å². The Hall–Kier alpha value is -0.800. The molecule has 0 saturated carbocycles. The van der Waals surface area contributed by atoms with E-state index in [1.165, 1.54) is 18.2 Å². The van der Waals surface area contributed by atoms with Gasteiger partial charge in [0.15, 0.2) is 0 Å². The molecule has 0 amide bonds. The predicted molar refractivity (Wildman–Crippen MR) is 56.2 cm³/mol. The maximum Gasteiger partial charge on any atom is 0.146 e. The van der Waals surface area contributed by atoms with Gasteiger partial charge in [-0.1, -0.05) is 11.6 Å². The van der Waals surface area contributed by atoms with Crippen LogP contribution in [0.2, 0.25) is 5.02 Å². The Morgan fingerprint density at radius 3 is 2.71 bits per heavy atom. The lowest BCUT2D eigenvalue weighted by molar-refractivity contribution is 0.234. The summed E-state index contributed by atoms with van der Waals surface area (Å²) in [6.07, 6.45) is 0. The average Bonchev–Trinajstić information content (AvgIpc) is 2.11. The zero-order valence-corrected chi connectivity index (χ0v) is 8.90. The minimum Gasteiger partial charge on any atom is -0.394 e. The lowest BCUT2D eigenvalue weighted by Crippen LogP contribution is -2.35. The lowest BCUT2D eigenvalue weighted by atomic mass is 10.1. The Morgan fingerprint density at radius 1 is 1.50 bits per heavy atom. The number of hydrogen-bond acceptors (Lipinski definition) is 2. The fourth-order valence-electron chi connectivity index (χ4n) is 0.997. The number of hydrogen-bond donors (Lipinski definition) is 2. The molecule has 0 bridgehead atoms. The van der Waals surface area contributed by atoms with Gasteiger partial charge in [-0.2, -0.15) is 0 Å². The van der Waals surface area contributed by atoms with Crippen molar-refractivity contribution in [2.45, 2.75) is 19.4 Å². The second kappa shape index (κ2) is 4.15. The molecule has 0 aliphatic rings. The zero-order valence-electron chi connectivity index (χ0n) is 8.14. The molecule has 78 valence electrons. The van der Waals surface area contributed by atoms with Crippen LogP contribution in [0.1, 0.15) is 13.8 Å². The van der Waals surface area contributed by atoms with Crippen LogP contribution in [-0.2, 0) is 0 Å². The quantitative estimate of drug-likeness (QED) is 0.816. The highest BCUT2D eigenvalue weighted by Gasteiger charge is 2.17. The molecule has 0 unspecified atom stereocenters. The number of halogens is 2. The molecule has 0 aliphatic carbocycles. The number of nitrogens with one attached hydrogen (secondary N) is 1. The summed E-state index contributed by atoms with van der Waals surface area (Å²) >= 11 is 5.72. The summed E-state index contributed by atoms with van der Waals surface area (Å²) in [6.45, 7) is 3.46. The van der Waals surface area contributed by atoms with Crippen LogP contribution >= 0.6 is 11.6 Å². The highest BCUT2D eigenvalue weighted by molar-refractivity contribution is 6.30. The Balaban J connectivity index is 2.91. The zero-order chi connectivity index (χ0) is 10.8. The van der Waals surface area contributed by atoms with Gasteiger partial charge in [0.05, 0.1) is 17.8 Å². The maximum absolute atomic E-state index is 13.2. The Labute approximate surface area is 87.7 Å². The van der Waals surface area contributed by atoms with Crippen molar-refractivity contribution in [3.63, 3.8) is 0 Å². The maximum atomic E-state index is 13.2. The van der Waals surface area contributed by atoms with E-state index in [4.69, 9.17) is 16.7 Å². The fourth-order valence-corrected chi connectivity index (χ4v) is 1.17. The molecule has 0 aromatic heterocycles. The van der Waals surface area contributed by atoms with Crippen molar-refractivity contribution >= 4 is 17.3 Å². The van der Waals surface area contributed by atoms with Crippen molar-refractivity contribution in [2.24, 2.45) is 0 Å². The lowest BCUT2D eigenvalue weighted by Gasteiger charge is -2.25. The molecular formula is C10H13ClFNO. The summed E-state index contributed by atoms with van der Waals surface area (Å²) in [4.78, 5) is 0. The van der Waals surface area contributed by atoms with Crippen molar-refractivity contribution in [1.29, 1.82) is 0 Å². The summed E-state index contributed by atoms with van der Waals surface area (Å²) in [5.41, 5.74) is -0.262. The van der Waals surface area contributed by atoms with Crippen LogP contribution in [0, 0.1) is 5.82 Å². The first kappa shape index (κ1) is 11.3. The molecule has 0 atom stereocenters. The third kappa shape index (κ3) is 2.86. The molecular weight excluding hydrogens is 205 g/mol. The van der Waals surface area contributed by atoms with Crippen LogP contribution in [0.25, 0.3) is 0 Å². The first-order chi connectivity index (χ1) is 6.44. The molecule has 0 spiro atoms. The summed E-state index contributed by atoms with van der Waals surface area (Å²) in [6, 6.07) is 4.26. The van der Waals surface area contributed by atoms with E-state index in [0.717, 1.165) is 0 Å². The average molecular weight is 218 g/mol. The summed E-state index contributed by atoms with van der Waals surface area (Å²) in [5.74, 6) is -0.379. The Morgan fingerprint density at radius 2 is 2.14 bits per heavy atom. The van der Waals surface area contributed by atoms with E-state index in [1.807, 2.05) is 0 Å². The Bertz CT molecular complexity index is 328. The third-order valence-corrected chi connectivity index (χ3v) is 2.03. The van der Waals surface area contributed by atoms with E-state index in [0.29, 0.717) is 10.7 Å². The van der Waals surface area contributed by atoms with Crippen molar-refractivity contribution < 1.29 is 9.50 Å². The van der Waals surface area contributed by atoms with Gasteiger partial charge in [0, 0.05) is 5.02 Å². The van der Waals surface area contributed by atoms with Gasteiger partial charge in [0.2, 0.25) is 0 Å². The van der Waals surface area contributed by atoms with E-state index < -0.39 is 5.54 Å². The van der Waals surface area contributed by atoms with Crippen molar-refractivity contribution in [3.8, 4) is 0 Å². The third-order valence-electron chi connectivity index (χ3n) is 1.80. The minimum absolute atomic E-state index is 0.0844. The van der Waals surface area contributed by atoms with Gasteiger partial charge in [0.1, 0.15) is 5.82 Å². The fraction of sp³-hybridized carbons (Fsp3) is 0.400. The molecule has 4 heteroatoms. The van der Waals surface area contributed by atoms with Crippen LogP contribution in [0.3, 0.4) is 0 Å². The van der Waals surface area contributed by atoms with Crippen LogP contribution in [-0.4, -0.2) is 17.3 Å². The number of benzene rings is 1. The SMILES string of the molecule is CC(C)(CO)Nc1cc(Cl)ccc1F. The summed E-state index contributed by atoms with van der Waals surface area (Å²) in [5, 5.41) is 12.3. The van der Waals surface area contributed by atoms with Gasteiger partial charge in [-0.3, -0.25) is 0 Å². The van der Waals surface area contributed by atoms with Gasteiger partial charge >= 0.3 is 0 Å². The summed E-state index contributed by atoms with van der Waals surface area (Å²) in [7, 11) is 0. The van der Waals surface area contributed by atoms with E-state index >= 15 is 0 Å².